The van der Waals surface area contributed by atoms with Crippen molar-refractivity contribution in [1.82, 2.24) is 15.0 Å². The average molecular weight is 215 g/mol. The quantitative estimate of drug-likeness (QED) is 0.378. The Kier molecular flexibility index (Phi) is 6.16. The second-order valence-electron chi connectivity index (χ2n) is 2.03. The van der Waals surface area contributed by atoms with Gasteiger partial charge in [-0.1, -0.05) is 18.0 Å². The van der Waals surface area contributed by atoms with E-state index in [-0.39, 0.29) is 17.8 Å². The van der Waals surface area contributed by atoms with Crippen LogP contribution in [0.15, 0.2) is 12.7 Å². The number of nitrogens with two attached hydrogens (primary N) is 4. The summed E-state index contributed by atoms with van der Waals surface area (Å²) < 4.78 is 0. The zero-order chi connectivity index (χ0) is 11.0. The van der Waals surface area contributed by atoms with Gasteiger partial charge in [-0.2, -0.15) is 15.0 Å². The molecule has 1 heterocycles. The topological polar surface area (TPSA) is 143 Å². The van der Waals surface area contributed by atoms with Gasteiger partial charge in [-0.25, -0.2) is 0 Å². The Hall–Kier alpha value is -1.54. The Morgan fingerprint density at radius 1 is 1.07 bits per heavy atom. The highest BCUT2D eigenvalue weighted by Gasteiger charge is 1.93. The van der Waals surface area contributed by atoms with Crippen molar-refractivity contribution in [2.24, 2.45) is 5.14 Å². The Labute approximate surface area is 86.1 Å². The fourth-order valence-electron chi connectivity index (χ4n) is 0.495. The van der Waals surface area contributed by atoms with Crippen LogP contribution in [-0.4, -0.2) is 20.7 Å². The van der Waals surface area contributed by atoms with Gasteiger partial charge in [0, 0.05) is 5.75 Å². The van der Waals surface area contributed by atoms with Crippen LogP contribution in [0.1, 0.15) is 0 Å². The molecule has 1 rings (SSSR count). The van der Waals surface area contributed by atoms with Crippen LogP contribution in [0.4, 0.5) is 17.8 Å². The maximum Gasteiger partial charge on any atom is 0.226 e. The summed E-state index contributed by atoms with van der Waals surface area (Å²) >= 11 is 1.28. The molecule has 7 nitrogen and oxygen atoms in total. The summed E-state index contributed by atoms with van der Waals surface area (Å²) in [6, 6.07) is 0. The van der Waals surface area contributed by atoms with Crippen molar-refractivity contribution >= 4 is 29.8 Å². The van der Waals surface area contributed by atoms with Gasteiger partial charge in [-0.3, -0.25) is 5.14 Å². The fraction of sp³-hybridized carbons (Fsp3) is 0.167. The van der Waals surface area contributed by atoms with Crippen molar-refractivity contribution in [3.63, 3.8) is 0 Å². The van der Waals surface area contributed by atoms with Crippen molar-refractivity contribution in [3.8, 4) is 0 Å². The monoisotopic (exact) mass is 215 g/mol. The average Bonchev–Trinajstić information content (AvgIpc) is 2.03. The number of anilines is 3. The number of nitrogens with zero attached hydrogens (tertiary/aromatic N) is 3. The van der Waals surface area contributed by atoms with Crippen LogP contribution in [0, 0.1) is 0 Å². The van der Waals surface area contributed by atoms with Crippen molar-refractivity contribution in [2.75, 3.05) is 23.0 Å². The number of aromatic nitrogens is 3. The SMILES string of the molecule is C=CCSN.Nc1nc(N)nc(N)n1. The molecule has 0 radical (unpaired) electrons. The van der Waals surface area contributed by atoms with Gasteiger partial charge in [0.15, 0.2) is 0 Å². The largest absolute Gasteiger partial charge is 0.368 e. The second-order valence-corrected chi connectivity index (χ2v) is 2.70. The number of nitrogen functional groups attached to an aromatic ring is 3. The molecule has 78 valence electrons. The van der Waals surface area contributed by atoms with Gasteiger partial charge >= 0.3 is 0 Å². The molecule has 0 aliphatic carbocycles. The van der Waals surface area contributed by atoms with Crippen LogP contribution in [0.2, 0.25) is 0 Å². The van der Waals surface area contributed by atoms with E-state index in [4.69, 9.17) is 22.3 Å². The molecular formula is C6H13N7S. The molecule has 8 N–H and O–H groups in total. The standard InChI is InChI=1S/C3H6N6.C3H7NS/c4-1-7-2(5)9-3(6)8-1;1-2-3-5-4/h(H6,4,5,6,7,8,9);2H,1,3-4H2. The van der Waals surface area contributed by atoms with E-state index in [0.717, 1.165) is 5.75 Å². The number of rotatable bonds is 2. The summed E-state index contributed by atoms with van der Waals surface area (Å²) in [7, 11) is 0. The molecule has 0 saturated heterocycles. The molecule has 0 saturated carbocycles. The minimum absolute atomic E-state index is 0.0417. The van der Waals surface area contributed by atoms with Crippen LogP contribution in [-0.2, 0) is 0 Å². The van der Waals surface area contributed by atoms with Crippen LogP contribution < -0.4 is 22.3 Å². The summed E-state index contributed by atoms with van der Waals surface area (Å²) in [4.78, 5) is 10.5. The third-order valence-corrected chi connectivity index (χ3v) is 1.33. The molecule has 0 amide bonds. The molecule has 0 unspecified atom stereocenters. The molecule has 1 aromatic rings. The molecule has 0 atom stereocenters. The molecule has 14 heavy (non-hydrogen) atoms. The first-order valence-corrected chi connectivity index (χ1v) is 4.60. The maximum absolute atomic E-state index is 5.14. The summed E-state index contributed by atoms with van der Waals surface area (Å²) in [5.74, 6) is 0.972. The van der Waals surface area contributed by atoms with E-state index in [9.17, 15) is 0 Å². The lowest BCUT2D eigenvalue weighted by atomic mass is 10.8. The summed E-state index contributed by atoms with van der Waals surface area (Å²) in [5, 5.41) is 4.98. The zero-order valence-electron chi connectivity index (χ0n) is 7.55. The first-order chi connectivity index (χ1) is 6.60. The van der Waals surface area contributed by atoms with Gasteiger partial charge in [-0.05, 0) is 0 Å². The van der Waals surface area contributed by atoms with Gasteiger partial charge in [0.1, 0.15) is 0 Å². The minimum Gasteiger partial charge on any atom is -0.368 e. The van der Waals surface area contributed by atoms with Crippen LogP contribution in [0.5, 0.6) is 0 Å². The lowest BCUT2D eigenvalue weighted by Gasteiger charge is -1.93. The van der Waals surface area contributed by atoms with E-state index in [1.807, 2.05) is 0 Å². The predicted molar refractivity (Wildman–Crippen MR) is 59.9 cm³/mol. The maximum atomic E-state index is 5.14. The Morgan fingerprint density at radius 2 is 1.43 bits per heavy atom. The highest BCUT2D eigenvalue weighted by Crippen LogP contribution is 1.97. The molecular weight excluding hydrogens is 202 g/mol. The van der Waals surface area contributed by atoms with Crippen molar-refractivity contribution in [1.29, 1.82) is 0 Å². The van der Waals surface area contributed by atoms with Crippen molar-refractivity contribution < 1.29 is 0 Å². The lowest BCUT2D eigenvalue weighted by molar-refractivity contribution is 1.09. The highest BCUT2D eigenvalue weighted by atomic mass is 32.2. The van der Waals surface area contributed by atoms with Crippen molar-refractivity contribution in [2.45, 2.75) is 0 Å². The smallest absolute Gasteiger partial charge is 0.226 e. The first-order valence-electron chi connectivity index (χ1n) is 3.55. The molecule has 0 aromatic carbocycles. The second kappa shape index (κ2) is 6.92. The van der Waals surface area contributed by atoms with Gasteiger partial charge in [0.05, 0.1) is 0 Å². The van der Waals surface area contributed by atoms with Gasteiger partial charge in [-0.15, -0.1) is 6.58 Å². The van der Waals surface area contributed by atoms with Gasteiger partial charge in [0.25, 0.3) is 0 Å². The van der Waals surface area contributed by atoms with Crippen LogP contribution in [0.25, 0.3) is 0 Å². The summed E-state index contributed by atoms with van der Waals surface area (Å²) in [5.41, 5.74) is 15.4. The Balaban J connectivity index is 0.000000292. The lowest BCUT2D eigenvalue weighted by Crippen LogP contribution is -2.05. The third-order valence-electron chi connectivity index (χ3n) is 0.901. The Morgan fingerprint density at radius 3 is 1.57 bits per heavy atom. The zero-order valence-corrected chi connectivity index (χ0v) is 8.37. The van der Waals surface area contributed by atoms with E-state index in [1.165, 1.54) is 11.9 Å². The molecule has 8 heteroatoms. The van der Waals surface area contributed by atoms with Gasteiger partial charge in [0.2, 0.25) is 17.8 Å². The molecule has 0 fully saturated rings. The fourth-order valence-corrected chi connectivity index (χ4v) is 0.631. The molecule has 0 spiro atoms. The van der Waals surface area contributed by atoms with E-state index in [1.54, 1.807) is 6.08 Å². The number of hydrogen-bond donors (Lipinski definition) is 4. The van der Waals surface area contributed by atoms with E-state index < -0.39 is 0 Å². The normalized spacial score (nSPS) is 8.64. The third kappa shape index (κ3) is 6.03. The molecule has 0 aliphatic rings. The van der Waals surface area contributed by atoms with Crippen LogP contribution in [0.3, 0.4) is 0 Å². The summed E-state index contributed by atoms with van der Waals surface area (Å²) in [6.45, 7) is 3.45. The highest BCUT2D eigenvalue weighted by molar-refractivity contribution is 7.97. The first kappa shape index (κ1) is 12.5. The van der Waals surface area contributed by atoms with Crippen molar-refractivity contribution in [3.05, 3.63) is 12.7 Å². The molecule has 0 bridgehead atoms. The number of hydrogen-bond acceptors (Lipinski definition) is 8. The molecule has 1 aromatic heterocycles. The van der Waals surface area contributed by atoms with Gasteiger partial charge < -0.3 is 17.2 Å². The summed E-state index contributed by atoms with van der Waals surface area (Å²) in [6.07, 6.45) is 1.77. The molecule has 0 aliphatic heterocycles. The predicted octanol–water partition coefficient (Wildman–Crippen LogP) is -0.602. The minimum atomic E-state index is 0.0417. The van der Waals surface area contributed by atoms with Crippen LogP contribution >= 0.6 is 11.9 Å². The van der Waals surface area contributed by atoms with E-state index in [2.05, 4.69) is 21.5 Å². The van der Waals surface area contributed by atoms with E-state index >= 15 is 0 Å². The van der Waals surface area contributed by atoms with E-state index in [0.29, 0.717) is 0 Å². The Bertz CT molecular complexity index is 239.